The summed E-state index contributed by atoms with van der Waals surface area (Å²) >= 11 is 0. The molecule has 0 aliphatic heterocycles. The summed E-state index contributed by atoms with van der Waals surface area (Å²) in [5, 5.41) is 6.61. The van der Waals surface area contributed by atoms with E-state index in [1.165, 1.54) is 12.7 Å². The fourth-order valence-electron chi connectivity index (χ4n) is 2.04. The molecule has 126 valence electrons. The van der Waals surface area contributed by atoms with Gasteiger partial charge in [-0.25, -0.2) is 4.98 Å². The van der Waals surface area contributed by atoms with Gasteiger partial charge in [0.25, 0.3) is 5.91 Å². The summed E-state index contributed by atoms with van der Waals surface area (Å²) in [5.74, 6) is 0.0482. The van der Waals surface area contributed by atoms with Gasteiger partial charge in [0.05, 0.1) is 0 Å². The summed E-state index contributed by atoms with van der Waals surface area (Å²) in [6, 6.07) is 1.62. The standard InChI is InChI=1S/C15H23N5O3/c1-19(2)8-9-20(3)7-4-6-16-15(21)13-14(22-11-17-13)12-5-10-23-18-12/h5,10-11H,4,6-9H2,1-3H3,(H,16,21). The van der Waals surface area contributed by atoms with Gasteiger partial charge in [-0.1, -0.05) is 5.16 Å². The van der Waals surface area contributed by atoms with Crippen molar-refractivity contribution in [1.29, 1.82) is 0 Å². The Bertz CT molecular complexity index is 594. The molecule has 8 heteroatoms. The average Bonchev–Trinajstić information content (AvgIpc) is 3.19. The molecular formula is C15H23N5O3. The molecule has 0 spiro atoms. The molecule has 2 aromatic heterocycles. The molecule has 0 saturated carbocycles. The van der Waals surface area contributed by atoms with Gasteiger partial charge in [0, 0.05) is 25.7 Å². The highest BCUT2D eigenvalue weighted by Gasteiger charge is 2.19. The molecule has 0 aliphatic carbocycles. The molecule has 0 saturated heterocycles. The van der Waals surface area contributed by atoms with Crippen LogP contribution in [0.4, 0.5) is 0 Å². The van der Waals surface area contributed by atoms with Crippen molar-refractivity contribution in [2.75, 3.05) is 47.3 Å². The van der Waals surface area contributed by atoms with Gasteiger partial charge in [0.1, 0.15) is 6.26 Å². The molecule has 2 heterocycles. The van der Waals surface area contributed by atoms with E-state index in [4.69, 9.17) is 8.94 Å². The van der Waals surface area contributed by atoms with Crippen LogP contribution in [0, 0.1) is 0 Å². The van der Waals surface area contributed by atoms with Gasteiger partial charge in [0.2, 0.25) is 0 Å². The van der Waals surface area contributed by atoms with Crippen molar-refractivity contribution in [2.24, 2.45) is 0 Å². The van der Waals surface area contributed by atoms with E-state index in [-0.39, 0.29) is 11.6 Å². The lowest BCUT2D eigenvalue weighted by atomic mass is 10.2. The number of oxazole rings is 1. The number of rotatable bonds is 9. The zero-order valence-corrected chi connectivity index (χ0v) is 13.8. The monoisotopic (exact) mass is 321 g/mol. The van der Waals surface area contributed by atoms with Crippen LogP contribution in [0.3, 0.4) is 0 Å². The fraction of sp³-hybridized carbons (Fsp3) is 0.533. The summed E-state index contributed by atoms with van der Waals surface area (Å²) in [6.07, 6.45) is 3.52. The third-order valence-corrected chi connectivity index (χ3v) is 3.38. The highest BCUT2D eigenvalue weighted by Crippen LogP contribution is 2.20. The van der Waals surface area contributed by atoms with Gasteiger partial charge in [-0.15, -0.1) is 0 Å². The van der Waals surface area contributed by atoms with E-state index in [0.29, 0.717) is 18.0 Å². The summed E-state index contributed by atoms with van der Waals surface area (Å²) in [7, 11) is 6.18. The Morgan fingerprint density at radius 3 is 2.78 bits per heavy atom. The minimum Gasteiger partial charge on any atom is -0.441 e. The number of hydrogen-bond donors (Lipinski definition) is 1. The zero-order chi connectivity index (χ0) is 16.7. The number of nitrogens with zero attached hydrogens (tertiary/aromatic N) is 4. The topological polar surface area (TPSA) is 87.6 Å². The maximum Gasteiger partial charge on any atom is 0.273 e. The maximum atomic E-state index is 12.2. The molecule has 2 rings (SSSR count). The summed E-state index contributed by atoms with van der Waals surface area (Å²) in [5.41, 5.74) is 0.677. The highest BCUT2D eigenvalue weighted by atomic mass is 16.5. The number of amides is 1. The highest BCUT2D eigenvalue weighted by molar-refractivity contribution is 5.97. The van der Waals surface area contributed by atoms with E-state index < -0.39 is 0 Å². The number of likely N-dealkylation sites (N-methyl/N-ethyl adjacent to an activating group) is 2. The molecule has 8 nitrogen and oxygen atoms in total. The van der Waals surface area contributed by atoms with Crippen LogP contribution in [0.5, 0.6) is 0 Å². The van der Waals surface area contributed by atoms with Crippen molar-refractivity contribution in [2.45, 2.75) is 6.42 Å². The predicted molar refractivity (Wildman–Crippen MR) is 85.0 cm³/mol. The van der Waals surface area contributed by atoms with Gasteiger partial charge in [0.15, 0.2) is 23.5 Å². The number of nitrogens with one attached hydrogen (secondary N) is 1. The van der Waals surface area contributed by atoms with Crippen molar-refractivity contribution in [3.8, 4) is 11.5 Å². The molecule has 0 radical (unpaired) electrons. The van der Waals surface area contributed by atoms with Crippen LogP contribution in [-0.2, 0) is 0 Å². The van der Waals surface area contributed by atoms with Gasteiger partial charge in [-0.2, -0.15) is 0 Å². The Balaban J connectivity index is 1.75. The summed E-state index contributed by atoms with van der Waals surface area (Å²) in [6.45, 7) is 3.52. The van der Waals surface area contributed by atoms with E-state index in [0.717, 1.165) is 26.1 Å². The number of aromatic nitrogens is 2. The molecule has 1 amide bonds. The van der Waals surface area contributed by atoms with Crippen molar-refractivity contribution >= 4 is 5.91 Å². The molecule has 0 unspecified atom stereocenters. The second-order valence-electron chi connectivity index (χ2n) is 5.63. The van der Waals surface area contributed by atoms with Gasteiger partial charge >= 0.3 is 0 Å². The maximum absolute atomic E-state index is 12.2. The Morgan fingerprint density at radius 2 is 2.09 bits per heavy atom. The van der Waals surface area contributed by atoms with Crippen molar-refractivity contribution in [1.82, 2.24) is 25.3 Å². The van der Waals surface area contributed by atoms with Gasteiger partial charge in [-0.05, 0) is 34.1 Å². The predicted octanol–water partition coefficient (Wildman–Crippen LogP) is 0.943. The smallest absolute Gasteiger partial charge is 0.273 e. The minimum atomic E-state index is -0.271. The van der Waals surface area contributed by atoms with E-state index in [9.17, 15) is 4.79 Å². The van der Waals surface area contributed by atoms with Crippen LogP contribution >= 0.6 is 0 Å². The van der Waals surface area contributed by atoms with E-state index in [2.05, 4.69) is 46.4 Å². The third kappa shape index (κ3) is 5.19. The Kier molecular flexibility index (Phi) is 6.30. The molecule has 0 aromatic carbocycles. The van der Waals surface area contributed by atoms with E-state index in [1.54, 1.807) is 6.07 Å². The zero-order valence-electron chi connectivity index (χ0n) is 13.8. The first-order valence-corrected chi connectivity index (χ1v) is 7.53. The fourth-order valence-corrected chi connectivity index (χ4v) is 2.04. The number of carbonyl (C=O) groups excluding carboxylic acids is 1. The molecule has 23 heavy (non-hydrogen) atoms. The molecule has 0 aliphatic rings. The van der Waals surface area contributed by atoms with Crippen molar-refractivity contribution in [3.63, 3.8) is 0 Å². The number of carbonyl (C=O) groups is 1. The lowest BCUT2D eigenvalue weighted by molar-refractivity contribution is 0.0947. The van der Waals surface area contributed by atoms with Crippen LogP contribution in [-0.4, -0.2) is 73.2 Å². The molecular weight excluding hydrogens is 298 g/mol. The lowest BCUT2D eigenvalue weighted by Crippen LogP contribution is -2.32. The first-order valence-electron chi connectivity index (χ1n) is 7.53. The first kappa shape index (κ1) is 17.2. The first-order chi connectivity index (χ1) is 11.1. The molecule has 0 atom stereocenters. The van der Waals surface area contributed by atoms with Crippen molar-refractivity contribution < 1.29 is 13.7 Å². The van der Waals surface area contributed by atoms with Crippen molar-refractivity contribution in [3.05, 3.63) is 24.4 Å². The van der Waals surface area contributed by atoms with Crippen LogP contribution in [0.25, 0.3) is 11.5 Å². The Hall–Kier alpha value is -2.19. The second kappa shape index (κ2) is 8.44. The van der Waals surface area contributed by atoms with Crippen LogP contribution in [0.2, 0.25) is 0 Å². The molecule has 1 N–H and O–H groups in total. The Labute approximate surface area is 135 Å². The van der Waals surface area contributed by atoms with E-state index >= 15 is 0 Å². The summed E-state index contributed by atoms with van der Waals surface area (Å²) < 4.78 is 9.98. The van der Waals surface area contributed by atoms with Crippen LogP contribution in [0.1, 0.15) is 16.9 Å². The molecule has 0 bridgehead atoms. The number of hydrogen-bond acceptors (Lipinski definition) is 7. The minimum absolute atomic E-state index is 0.222. The Morgan fingerprint density at radius 1 is 1.26 bits per heavy atom. The van der Waals surface area contributed by atoms with Crippen LogP contribution in [0.15, 0.2) is 27.7 Å². The average molecular weight is 321 g/mol. The molecule has 2 aromatic rings. The normalized spacial score (nSPS) is 11.3. The quantitative estimate of drug-likeness (QED) is 0.688. The SMILES string of the molecule is CN(C)CCN(C)CCCNC(=O)c1ncoc1-c1ccon1. The van der Waals surface area contributed by atoms with Gasteiger partial charge in [-0.3, -0.25) is 4.79 Å². The molecule has 0 fully saturated rings. The second-order valence-corrected chi connectivity index (χ2v) is 5.63. The lowest BCUT2D eigenvalue weighted by Gasteiger charge is -2.19. The largest absolute Gasteiger partial charge is 0.441 e. The van der Waals surface area contributed by atoms with Crippen LogP contribution < -0.4 is 5.32 Å². The third-order valence-electron chi connectivity index (χ3n) is 3.38. The van der Waals surface area contributed by atoms with Gasteiger partial charge < -0.3 is 24.1 Å². The summed E-state index contributed by atoms with van der Waals surface area (Å²) in [4.78, 5) is 20.5. The van der Waals surface area contributed by atoms with E-state index in [1.807, 2.05) is 0 Å².